The number of nitrogens with one attached hydrogen (secondary N) is 1. The highest BCUT2D eigenvalue weighted by Gasteiger charge is 2.37. The zero-order valence-electron chi connectivity index (χ0n) is 16.0. The molecule has 0 bridgehead atoms. The van der Waals surface area contributed by atoms with Crippen molar-refractivity contribution in [1.29, 1.82) is 0 Å². The van der Waals surface area contributed by atoms with Crippen LogP contribution in [0, 0.1) is 11.8 Å². The predicted molar refractivity (Wildman–Crippen MR) is 117 cm³/mol. The van der Waals surface area contributed by atoms with E-state index < -0.39 is 0 Å². The van der Waals surface area contributed by atoms with E-state index in [9.17, 15) is 9.59 Å². The van der Waals surface area contributed by atoms with Crippen LogP contribution in [0.5, 0.6) is 0 Å². The Morgan fingerprint density at radius 1 is 1.23 bits per heavy atom. The molecule has 0 saturated carbocycles. The van der Waals surface area contributed by atoms with E-state index in [1.807, 2.05) is 29.3 Å². The molecule has 1 fully saturated rings. The van der Waals surface area contributed by atoms with E-state index in [2.05, 4.69) is 27.4 Å². The highest BCUT2D eigenvalue weighted by molar-refractivity contribution is 5.94. The van der Waals surface area contributed by atoms with Gasteiger partial charge < -0.3 is 10.2 Å². The Morgan fingerprint density at radius 3 is 2.93 bits per heavy atom. The molecule has 2 atom stereocenters. The number of aromatic nitrogens is 2. The van der Waals surface area contributed by atoms with Gasteiger partial charge >= 0.3 is 0 Å². The number of likely N-dealkylation sites (tertiary alicyclic amines) is 1. The molecule has 6 heteroatoms. The van der Waals surface area contributed by atoms with Crippen molar-refractivity contribution in [2.75, 3.05) is 18.4 Å². The molecule has 6 nitrogen and oxygen atoms in total. The first-order chi connectivity index (χ1) is 14.2. The molecule has 2 aromatic rings. The lowest BCUT2D eigenvalue weighted by atomic mass is 9.99. The summed E-state index contributed by atoms with van der Waals surface area (Å²) >= 11 is 0. The Hall–Kier alpha value is -3.28. The molecule has 0 aromatic carbocycles. The fourth-order valence-corrected chi connectivity index (χ4v) is 4.50. The van der Waals surface area contributed by atoms with Gasteiger partial charge in [-0.15, -0.1) is 0 Å². The number of rotatable bonds is 3. The van der Waals surface area contributed by atoms with Crippen LogP contribution in [0.2, 0.25) is 0 Å². The van der Waals surface area contributed by atoms with Crippen LogP contribution in [0.4, 0.5) is 5.82 Å². The van der Waals surface area contributed by atoms with Crippen LogP contribution < -0.4 is 5.32 Å². The number of carbonyl (C=O) groups excluding carboxylic acids is 2. The number of fused-ring (bicyclic) bond motifs is 2. The number of hydrogen-bond acceptors (Lipinski definition) is 4. The first-order valence-electron chi connectivity index (χ1n) is 10.0. The Kier molecular flexibility index (Phi) is 5.48. The normalized spacial score (nSPS) is 22.2. The molecule has 5 rings (SSSR count). The number of aryl methyl sites for hydroxylation is 1. The molecule has 1 N–H and O–H groups in total. The second kappa shape index (κ2) is 8.22. The maximum absolute atomic E-state index is 12.7. The number of amides is 2. The van der Waals surface area contributed by atoms with Crippen molar-refractivity contribution >= 4 is 29.3 Å². The Bertz CT molecular complexity index is 1030. The van der Waals surface area contributed by atoms with Gasteiger partial charge in [0, 0.05) is 44.2 Å². The van der Waals surface area contributed by atoms with Gasteiger partial charge in [-0.2, -0.15) is 0 Å². The molecule has 154 valence electrons. The van der Waals surface area contributed by atoms with E-state index in [1.54, 1.807) is 18.5 Å². The standard InChI is InChI=1S/C23H22N4O2.CH4/c28-21-5-4-16-8-15(11-25-23(16)26-21)3-6-22(29)27-13-19-9-18(10-20(19)14-27)17-2-1-7-24-12-17;/h1-3,6-9,11-12,19-20H,4-5,10,13-14H2,(H,25,26,28);1H4/b6-3+;. The summed E-state index contributed by atoms with van der Waals surface area (Å²) in [6.45, 7) is 1.56. The van der Waals surface area contributed by atoms with Gasteiger partial charge in [-0.25, -0.2) is 4.98 Å². The van der Waals surface area contributed by atoms with Crippen LogP contribution in [-0.2, 0) is 16.0 Å². The fraction of sp³-hybridized carbons (Fsp3) is 0.333. The van der Waals surface area contributed by atoms with E-state index >= 15 is 0 Å². The minimum Gasteiger partial charge on any atom is -0.338 e. The number of hydrogen-bond donors (Lipinski definition) is 1. The predicted octanol–water partition coefficient (Wildman–Crippen LogP) is 3.57. The van der Waals surface area contributed by atoms with Gasteiger partial charge in [-0.1, -0.05) is 19.6 Å². The summed E-state index contributed by atoms with van der Waals surface area (Å²) in [5.41, 5.74) is 4.44. The smallest absolute Gasteiger partial charge is 0.246 e. The quantitative estimate of drug-likeness (QED) is 0.797. The van der Waals surface area contributed by atoms with E-state index in [0.717, 1.165) is 30.6 Å². The lowest BCUT2D eigenvalue weighted by molar-refractivity contribution is -0.125. The van der Waals surface area contributed by atoms with Crippen molar-refractivity contribution in [3.8, 4) is 0 Å². The lowest BCUT2D eigenvalue weighted by Gasteiger charge is -2.16. The SMILES string of the molecule is C.O=C1CCc2cc(/C=C/C(=O)N3CC4C=C(c5cccnc5)CC4C3)cnc2N1. The molecule has 30 heavy (non-hydrogen) atoms. The summed E-state index contributed by atoms with van der Waals surface area (Å²) in [5.74, 6) is 1.60. The van der Waals surface area contributed by atoms with Crippen LogP contribution >= 0.6 is 0 Å². The zero-order valence-corrected chi connectivity index (χ0v) is 16.0. The largest absolute Gasteiger partial charge is 0.338 e. The summed E-state index contributed by atoms with van der Waals surface area (Å²) in [6, 6.07) is 6.06. The van der Waals surface area contributed by atoms with E-state index in [4.69, 9.17) is 0 Å². The third kappa shape index (κ3) is 3.90. The summed E-state index contributed by atoms with van der Waals surface area (Å²) in [4.78, 5) is 34.6. The van der Waals surface area contributed by atoms with Crippen molar-refractivity contribution in [2.24, 2.45) is 11.8 Å². The molecular formula is C24H26N4O2. The summed E-state index contributed by atoms with van der Waals surface area (Å²) in [5, 5.41) is 2.78. The van der Waals surface area contributed by atoms with Crippen LogP contribution in [-0.4, -0.2) is 39.8 Å². The van der Waals surface area contributed by atoms with Crippen molar-refractivity contribution in [3.63, 3.8) is 0 Å². The second-order valence-corrected chi connectivity index (χ2v) is 7.96. The van der Waals surface area contributed by atoms with Gasteiger partial charge in [0.2, 0.25) is 11.8 Å². The molecule has 2 aliphatic heterocycles. The molecule has 2 amide bonds. The van der Waals surface area contributed by atoms with Crippen LogP contribution in [0.3, 0.4) is 0 Å². The molecule has 1 saturated heterocycles. The first kappa shape index (κ1) is 20.0. The van der Waals surface area contributed by atoms with Crippen molar-refractivity contribution in [3.05, 3.63) is 65.6 Å². The monoisotopic (exact) mass is 402 g/mol. The number of pyridine rings is 2. The third-order valence-electron chi connectivity index (χ3n) is 6.02. The minimum atomic E-state index is 0. The van der Waals surface area contributed by atoms with Gasteiger partial charge in [0.15, 0.2) is 0 Å². The molecule has 1 aliphatic carbocycles. The molecule has 0 radical (unpaired) electrons. The first-order valence-corrected chi connectivity index (χ1v) is 10.0. The minimum absolute atomic E-state index is 0. The highest BCUT2D eigenvalue weighted by Crippen LogP contribution is 2.40. The van der Waals surface area contributed by atoms with Gasteiger partial charge in [0.05, 0.1) is 0 Å². The van der Waals surface area contributed by atoms with Crippen LogP contribution in [0.1, 0.15) is 37.0 Å². The lowest BCUT2D eigenvalue weighted by Crippen LogP contribution is -2.27. The van der Waals surface area contributed by atoms with E-state index in [1.165, 1.54) is 11.1 Å². The van der Waals surface area contributed by atoms with Gasteiger partial charge in [0.1, 0.15) is 5.82 Å². The average molecular weight is 402 g/mol. The molecule has 3 aliphatic rings. The van der Waals surface area contributed by atoms with Crippen molar-refractivity contribution < 1.29 is 9.59 Å². The summed E-state index contributed by atoms with van der Waals surface area (Å²) < 4.78 is 0. The van der Waals surface area contributed by atoms with Gasteiger partial charge in [0.25, 0.3) is 0 Å². The van der Waals surface area contributed by atoms with Crippen molar-refractivity contribution in [1.82, 2.24) is 14.9 Å². The maximum atomic E-state index is 12.7. The average Bonchev–Trinajstić information content (AvgIpc) is 3.32. The third-order valence-corrected chi connectivity index (χ3v) is 6.02. The maximum Gasteiger partial charge on any atom is 0.246 e. The van der Waals surface area contributed by atoms with Gasteiger partial charge in [-0.3, -0.25) is 14.6 Å². The highest BCUT2D eigenvalue weighted by atomic mass is 16.2. The topological polar surface area (TPSA) is 75.2 Å². The van der Waals surface area contributed by atoms with Gasteiger partial charge in [-0.05, 0) is 65.1 Å². The molecule has 2 aromatic heterocycles. The van der Waals surface area contributed by atoms with E-state index in [-0.39, 0.29) is 19.2 Å². The number of anilines is 1. The number of allylic oxidation sites excluding steroid dienone is 1. The van der Waals surface area contributed by atoms with E-state index in [0.29, 0.717) is 30.5 Å². The zero-order chi connectivity index (χ0) is 19.8. The summed E-state index contributed by atoms with van der Waals surface area (Å²) in [6.07, 6.45) is 13.3. The van der Waals surface area contributed by atoms with Crippen LogP contribution in [0.25, 0.3) is 11.6 Å². The van der Waals surface area contributed by atoms with Crippen LogP contribution in [0.15, 0.2) is 48.9 Å². The molecule has 0 spiro atoms. The Balaban J connectivity index is 0.00000218. The summed E-state index contributed by atoms with van der Waals surface area (Å²) in [7, 11) is 0. The second-order valence-electron chi connectivity index (χ2n) is 7.96. The molecular weight excluding hydrogens is 376 g/mol. The Labute approximate surface area is 176 Å². The Morgan fingerprint density at radius 2 is 2.13 bits per heavy atom. The molecule has 4 heterocycles. The number of carbonyl (C=O) groups is 2. The van der Waals surface area contributed by atoms with Crippen molar-refractivity contribution in [2.45, 2.75) is 26.7 Å². The fourth-order valence-electron chi connectivity index (χ4n) is 4.50. The number of nitrogens with zero attached hydrogens (tertiary/aromatic N) is 3. The molecule has 2 unspecified atom stereocenters.